The molecule has 5 nitrogen and oxygen atoms in total. The number of hydrogen-bond donors (Lipinski definition) is 1. The van der Waals surface area contributed by atoms with Crippen LogP contribution in [-0.4, -0.2) is 24.2 Å². The highest BCUT2D eigenvalue weighted by Crippen LogP contribution is 2.60. The van der Waals surface area contributed by atoms with E-state index >= 15 is 0 Å². The van der Waals surface area contributed by atoms with E-state index in [1.54, 1.807) is 7.11 Å². The summed E-state index contributed by atoms with van der Waals surface area (Å²) in [4.78, 5) is 15.8. The van der Waals surface area contributed by atoms with Crippen LogP contribution in [0.4, 0.5) is 5.69 Å². The van der Waals surface area contributed by atoms with Crippen molar-refractivity contribution in [2.24, 2.45) is 29.6 Å². The lowest BCUT2D eigenvalue weighted by Gasteiger charge is -2.58. The number of anilines is 1. The van der Waals surface area contributed by atoms with Gasteiger partial charge in [-0.15, -0.1) is 0 Å². The molecule has 1 amide bonds. The lowest BCUT2D eigenvalue weighted by atomic mass is 9.48. The molecule has 4 fully saturated rings. The van der Waals surface area contributed by atoms with Gasteiger partial charge in [-0.2, -0.15) is 0 Å². The minimum Gasteiger partial charge on any atom is -0.493 e. The maximum atomic E-state index is 13.9. The van der Waals surface area contributed by atoms with Crippen LogP contribution < -0.4 is 14.4 Å². The number of hydrogen-bond acceptors (Lipinski definition) is 4. The molecule has 6 heteroatoms. The molecule has 226 valence electrons. The summed E-state index contributed by atoms with van der Waals surface area (Å²) in [5.41, 5.74) is 3.75. The Bertz CT molecular complexity index is 1480. The summed E-state index contributed by atoms with van der Waals surface area (Å²) in [6, 6.07) is 19.4. The van der Waals surface area contributed by atoms with E-state index in [4.69, 9.17) is 21.1 Å². The second-order valence-electron chi connectivity index (χ2n) is 13.9. The third-order valence-corrected chi connectivity index (χ3v) is 11.0. The molecule has 5 aliphatic rings. The average Bonchev–Trinajstić information content (AvgIpc) is 2.96. The molecule has 4 saturated carbocycles. The molecule has 1 heterocycles. The Hall–Kier alpha value is -3.02. The Kier molecular flexibility index (Phi) is 7.25. The van der Waals surface area contributed by atoms with Gasteiger partial charge in [0.2, 0.25) is 5.91 Å². The molecule has 3 aromatic rings. The number of halogens is 1. The van der Waals surface area contributed by atoms with Crippen LogP contribution in [0, 0.1) is 29.6 Å². The van der Waals surface area contributed by atoms with Gasteiger partial charge in [-0.05, 0) is 141 Å². The Labute approximate surface area is 260 Å². The van der Waals surface area contributed by atoms with Crippen LogP contribution >= 0.6 is 11.6 Å². The molecule has 1 N–H and O–H groups in total. The van der Waals surface area contributed by atoms with Gasteiger partial charge in [0.25, 0.3) is 0 Å². The van der Waals surface area contributed by atoms with Gasteiger partial charge in [0, 0.05) is 10.7 Å². The topological polar surface area (TPSA) is 59.0 Å². The van der Waals surface area contributed by atoms with Crippen molar-refractivity contribution >= 4 is 23.2 Å². The van der Waals surface area contributed by atoms with Crippen LogP contribution in [0.25, 0.3) is 0 Å². The van der Waals surface area contributed by atoms with Crippen LogP contribution in [0.2, 0.25) is 5.02 Å². The zero-order valence-electron chi connectivity index (χ0n) is 25.6. The van der Waals surface area contributed by atoms with Crippen molar-refractivity contribution in [1.82, 2.24) is 0 Å². The molecule has 0 radical (unpaired) electrons. The summed E-state index contributed by atoms with van der Waals surface area (Å²) in [5, 5.41) is 12.7. The Morgan fingerprint density at radius 3 is 2.12 bits per heavy atom. The van der Waals surface area contributed by atoms with Crippen LogP contribution in [0.3, 0.4) is 0 Å². The summed E-state index contributed by atoms with van der Waals surface area (Å²) < 4.78 is 11.8. The van der Waals surface area contributed by atoms with E-state index < -0.39 is 5.60 Å². The predicted octanol–water partition coefficient (Wildman–Crippen LogP) is 8.09. The number of benzene rings is 3. The van der Waals surface area contributed by atoms with Crippen LogP contribution in [0.15, 0.2) is 60.7 Å². The summed E-state index contributed by atoms with van der Waals surface area (Å²) in [6.45, 7) is 6.01. The lowest BCUT2D eigenvalue weighted by molar-refractivity contribution is -0.139. The highest BCUT2D eigenvalue weighted by molar-refractivity contribution is 6.30. The summed E-state index contributed by atoms with van der Waals surface area (Å²) in [6.07, 6.45) is 6.69. The molecule has 0 aromatic heterocycles. The first-order chi connectivity index (χ1) is 20.6. The fourth-order valence-electron chi connectivity index (χ4n) is 9.32. The maximum Gasteiger partial charge on any atom is 0.232 e. The molecule has 1 unspecified atom stereocenters. The van der Waals surface area contributed by atoms with Gasteiger partial charge in [-0.3, -0.25) is 4.79 Å². The number of nitrogens with zero attached hydrogens (tertiary/aromatic N) is 1. The number of aliphatic hydroxyl groups is 1. The van der Waals surface area contributed by atoms with E-state index in [1.165, 1.54) is 32.1 Å². The van der Waals surface area contributed by atoms with Crippen molar-refractivity contribution < 1.29 is 19.4 Å². The molecule has 8 rings (SSSR count). The second kappa shape index (κ2) is 10.9. The zero-order chi connectivity index (χ0) is 30.0. The van der Waals surface area contributed by atoms with E-state index in [0.29, 0.717) is 34.3 Å². The summed E-state index contributed by atoms with van der Waals surface area (Å²) >= 11 is 6.28. The quantitative estimate of drug-likeness (QED) is 0.298. The highest BCUT2D eigenvalue weighted by atomic mass is 35.5. The van der Waals surface area contributed by atoms with E-state index in [-0.39, 0.29) is 24.5 Å². The van der Waals surface area contributed by atoms with Gasteiger partial charge in [0.05, 0.1) is 31.3 Å². The van der Waals surface area contributed by atoms with Gasteiger partial charge in [-0.25, -0.2) is 0 Å². The smallest absolute Gasteiger partial charge is 0.232 e. The third kappa shape index (κ3) is 5.03. The van der Waals surface area contributed by atoms with Crippen LogP contribution in [0.5, 0.6) is 11.5 Å². The van der Waals surface area contributed by atoms with Crippen molar-refractivity contribution in [3.8, 4) is 11.5 Å². The van der Waals surface area contributed by atoms with Crippen LogP contribution in [0.1, 0.15) is 81.2 Å². The van der Waals surface area contributed by atoms with Gasteiger partial charge in [0.1, 0.15) is 0 Å². The number of methoxy groups -OCH3 is 1. The SMILES string of the molecule is COc1cc2c(cc1OC(C)C)C(c1ccc(Cl)cc1)N(c1ccc([C@@](C)(O)C3C4CC5CC(C4)CC3C5)cc1)C(=O)C2. The molecule has 1 aliphatic heterocycles. The van der Waals surface area contributed by atoms with Gasteiger partial charge in [0.15, 0.2) is 11.5 Å². The van der Waals surface area contributed by atoms with Gasteiger partial charge in [-0.1, -0.05) is 35.9 Å². The molecule has 0 spiro atoms. The molecule has 43 heavy (non-hydrogen) atoms. The summed E-state index contributed by atoms with van der Waals surface area (Å²) in [5.74, 6) is 4.53. The number of fused-ring (bicyclic) bond motifs is 1. The monoisotopic (exact) mass is 599 g/mol. The molecule has 0 saturated heterocycles. The first kappa shape index (κ1) is 28.7. The van der Waals surface area contributed by atoms with Crippen molar-refractivity contribution in [1.29, 1.82) is 0 Å². The third-order valence-electron chi connectivity index (χ3n) is 10.7. The number of carbonyl (C=O) groups is 1. The zero-order valence-corrected chi connectivity index (χ0v) is 26.3. The molecule has 4 bridgehead atoms. The van der Waals surface area contributed by atoms with Gasteiger partial charge < -0.3 is 19.5 Å². The first-order valence-electron chi connectivity index (χ1n) is 15.9. The largest absolute Gasteiger partial charge is 0.493 e. The van der Waals surface area contributed by atoms with Crippen molar-refractivity contribution in [3.05, 3.63) is 87.9 Å². The molecular weight excluding hydrogens is 558 g/mol. The Morgan fingerprint density at radius 2 is 1.53 bits per heavy atom. The fourth-order valence-corrected chi connectivity index (χ4v) is 9.45. The normalized spacial score (nSPS) is 29.0. The number of ether oxygens (including phenoxy) is 2. The fraction of sp³-hybridized carbons (Fsp3) is 0.486. The molecule has 4 aliphatic carbocycles. The number of amides is 1. The Balaban J connectivity index is 1.26. The lowest BCUT2D eigenvalue weighted by Crippen LogP contribution is -2.52. The van der Waals surface area contributed by atoms with E-state index in [2.05, 4.69) is 0 Å². The van der Waals surface area contributed by atoms with E-state index in [1.807, 2.05) is 86.3 Å². The van der Waals surface area contributed by atoms with E-state index in [0.717, 1.165) is 39.8 Å². The number of carbonyl (C=O) groups excluding carboxylic acids is 1. The van der Waals surface area contributed by atoms with Crippen molar-refractivity contribution in [2.75, 3.05) is 12.0 Å². The van der Waals surface area contributed by atoms with Crippen molar-refractivity contribution in [3.63, 3.8) is 0 Å². The number of rotatable bonds is 7. The molecular formula is C37H42ClNO4. The predicted molar refractivity (Wildman–Crippen MR) is 170 cm³/mol. The van der Waals surface area contributed by atoms with E-state index in [9.17, 15) is 9.90 Å². The second-order valence-corrected chi connectivity index (χ2v) is 14.4. The van der Waals surface area contributed by atoms with Crippen LogP contribution in [-0.2, 0) is 16.8 Å². The Morgan fingerprint density at radius 1 is 0.907 bits per heavy atom. The minimum absolute atomic E-state index is 0.00702. The molecule has 3 aromatic carbocycles. The highest BCUT2D eigenvalue weighted by Gasteiger charge is 2.54. The first-order valence-corrected chi connectivity index (χ1v) is 16.3. The minimum atomic E-state index is -0.894. The standard InChI is InChI=1S/C37H42ClNO4/c1-21(2)43-33-20-31-25(18-32(33)42-4)19-34(40)39(36(31)24-5-9-29(38)10-6-24)30-11-7-28(8-12-30)37(3,41)35-26-14-22-13-23(16-26)17-27(35)15-22/h5-12,18,20-23,26-27,35-36,41H,13-17,19H2,1-4H3/t22?,23?,26?,27?,35?,36?,37-/m1/s1. The summed E-state index contributed by atoms with van der Waals surface area (Å²) in [7, 11) is 1.63. The van der Waals surface area contributed by atoms with Gasteiger partial charge >= 0.3 is 0 Å². The van der Waals surface area contributed by atoms with Crippen molar-refractivity contribution in [2.45, 2.75) is 77.0 Å². The molecule has 2 atom stereocenters. The average molecular weight is 600 g/mol. The maximum absolute atomic E-state index is 13.9.